The molecule has 2 aliphatic rings. The lowest BCUT2D eigenvalue weighted by atomic mass is 9.88. The highest BCUT2D eigenvalue weighted by Crippen LogP contribution is 2.60. The molecule has 2 aliphatic carbocycles. The molecule has 0 amide bonds. The van der Waals surface area contributed by atoms with Crippen LogP contribution in [0.5, 0.6) is 0 Å². The van der Waals surface area contributed by atoms with Crippen LogP contribution in [0.4, 0.5) is 0 Å². The van der Waals surface area contributed by atoms with Crippen LogP contribution in [0.3, 0.4) is 0 Å². The van der Waals surface area contributed by atoms with Gasteiger partial charge in [-0.2, -0.15) is 0 Å². The number of hydrogen-bond acceptors (Lipinski definition) is 0. The predicted molar refractivity (Wildman–Crippen MR) is 213 cm³/mol. The van der Waals surface area contributed by atoms with Crippen LogP contribution in [0.25, 0.3) is 76.5 Å². The fourth-order valence-corrected chi connectivity index (χ4v) is 8.61. The quantitative estimate of drug-likeness (QED) is 0.182. The van der Waals surface area contributed by atoms with Gasteiger partial charge in [-0.1, -0.05) is 146 Å². The average Bonchev–Trinajstić information content (AvgIpc) is 3.67. The van der Waals surface area contributed by atoms with E-state index in [4.69, 9.17) is 0 Å². The summed E-state index contributed by atoms with van der Waals surface area (Å²) in [6, 6.07) is 67.6. The summed E-state index contributed by atoms with van der Waals surface area (Å²) in [5.41, 5.74) is 15.6. The van der Waals surface area contributed by atoms with Gasteiger partial charge in [0.05, 0.1) is 0 Å². The molecule has 0 aromatic heterocycles. The molecule has 0 nitrogen and oxygen atoms in total. The lowest BCUT2D eigenvalue weighted by molar-refractivity contribution is 1.55. The third kappa shape index (κ3) is 4.00. The lowest BCUT2D eigenvalue weighted by Crippen LogP contribution is -1.94. The maximum Gasteiger partial charge on any atom is -0.000718 e. The van der Waals surface area contributed by atoms with Gasteiger partial charge in [-0.05, 0) is 146 Å². The molecule has 0 N–H and O–H groups in total. The van der Waals surface area contributed by atoms with E-state index in [1.54, 1.807) is 0 Å². The van der Waals surface area contributed by atoms with Gasteiger partial charge < -0.3 is 0 Å². The maximum absolute atomic E-state index is 2.44. The van der Waals surface area contributed by atoms with Crippen molar-refractivity contribution in [3.8, 4) is 11.1 Å². The molecule has 0 spiro atoms. The molecule has 9 aromatic carbocycles. The minimum Gasteiger partial charge on any atom is -0.0616 e. The Kier molecular flexibility index (Phi) is 5.76. The van der Waals surface area contributed by atoms with Gasteiger partial charge >= 0.3 is 0 Å². The Bertz CT molecular complexity index is 2960. The van der Waals surface area contributed by atoms with Gasteiger partial charge in [-0.25, -0.2) is 0 Å². The van der Waals surface area contributed by atoms with Crippen molar-refractivity contribution < 1.29 is 0 Å². The first kappa shape index (κ1) is 27.5. The van der Waals surface area contributed by atoms with Crippen molar-refractivity contribution in [3.63, 3.8) is 0 Å². The molecule has 11 rings (SSSR count). The first-order valence-electron chi connectivity index (χ1n) is 17.4. The van der Waals surface area contributed by atoms with Crippen LogP contribution in [0, 0.1) is 0 Å². The summed E-state index contributed by atoms with van der Waals surface area (Å²) in [7, 11) is 0. The van der Waals surface area contributed by atoms with E-state index in [1.807, 2.05) is 0 Å². The highest BCUT2D eigenvalue weighted by atomic mass is 14.4. The van der Waals surface area contributed by atoms with Gasteiger partial charge in [0, 0.05) is 0 Å². The number of benzene rings is 9. The van der Waals surface area contributed by atoms with Crippen molar-refractivity contribution in [1.82, 2.24) is 0 Å². The van der Waals surface area contributed by atoms with Crippen molar-refractivity contribution >= 4 is 65.4 Å². The molecule has 0 saturated heterocycles. The molecule has 0 unspecified atom stereocenters. The van der Waals surface area contributed by atoms with Gasteiger partial charge in [0.15, 0.2) is 0 Å². The summed E-state index contributed by atoms with van der Waals surface area (Å²) in [4.78, 5) is 0. The van der Waals surface area contributed by atoms with Crippen LogP contribution in [0.1, 0.15) is 33.4 Å². The fourth-order valence-electron chi connectivity index (χ4n) is 8.61. The van der Waals surface area contributed by atoms with Gasteiger partial charge in [0.2, 0.25) is 0 Å². The summed E-state index contributed by atoms with van der Waals surface area (Å²) in [5, 5.41) is 10.1. The van der Waals surface area contributed by atoms with Crippen molar-refractivity contribution in [3.05, 3.63) is 215 Å². The molecular weight excluding hydrogens is 601 g/mol. The Morgan fingerprint density at radius 2 is 0.640 bits per heavy atom. The van der Waals surface area contributed by atoms with Crippen LogP contribution in [0.2, 0.25) is 0 Å². The van der Waals surface area contributed by atoms with E-state index in [9.17, 15) is 0 Å². The second-order valence-corrected chi connectivity index (χ2v) is 13.7. The molecule has 0 bridgehead atoms. The van der Waals surface area contributed by atoms with E-state index in [2.05, 4.69) is 182 Å². The summed E-state index contributed by atoms with van der Waals surface area (Å²) in [6.45, 7) is 0. The molecular formula is C50H30. The summed E-state index contributed by atoms with van der Waals surface area (Å²) < 4.78 is 0. The molecule has 50 heavy (non-hydrogen) atoms. The third-order valence-electron chi connectivity index (χ3n) is 10.9. The van der Waals surface area contributed by atoms with Crippen molar-refractivity contribution in [2.75, 3.05) is 0 Å². The molecule has 0 atom stereocenters. The SMILES string of the molecule is c1cc(C2=C3C(=C(c4cccc5ccccc45)c4cc5ccccc5cc43)c3cc4ccccc4cc32)cc(-c2ccc3ccccc3c2)c1. The van der Waals surface area contributed by atoms with Gasteiger partial charge in [-0.3, -0.25) is 0 Å². The second-order valence-electron chi connectivity index (χ2n) is 13.7. The molecule has 0 heterocycles. The topological polar surface area (TPSA) is 0 Å². The van der Waals surface area contributed by atoms with Crippen LogP contribution >= 0.6 is 0 Å². The zero-order valence-corrected chi connectivity index (χ0v) is 27.3. The maximum atomic E-state index is 2.44. The Morgan fingerprint density at radius 1 is 0.200 bits per heavy atom. The van der Waals surface area contributed by atoms with E-state index in [0.29, 0.717) is 0 Å². The molecule has 0 aliphatic heterocycles. The molecule has 0 heteroatoms. The van der Waals surface area contributed by atoms with E-state index in [0.717, 1.165) is 0 Å². The normalized spacial score (nSPS) is 13.4. The van der Waals surface area contributed by atoms with Crippen molar-refractivity contribution in [1.29, 1.82) is 0 Å². The van der Waals surface area contributed by atoms with E-state index >= 15 is 0 Å². The van der Waals surface area contributed by atoms with E-state index < -0.39 is 0 Å². The molecule has 0 radical (unpaired) electrons. The minimum absolute atomic E-state index is 1.23. The number of allylic oxidation sites excluding steroid dienone is 2. The Morgan fingerprint density at radius 3 is 1.30 bits per heavy atom. The van der Waals surface area contributed by atoms with Gasteiger partial charge in [0.25, 0.3) is 0 Å². The first-order chi connectivity index (χ1) is 24.8. The monoisotopic (exact) mass is 630 g/mol. The van der Waals surface area contributed by atoms with E-state index in [-0.39, 0.29) is 0 Å². The van der Waals surface area contributed by atoms with Crippen LogP contribution < -0.4 is 0 Å². The van der Waals surface area contributed by atoms with Crippen molar-refractivity contribution in [2.24, 2.45) is 0 Å². The van der Waals surface area contributed by atoms with Gasteiger partial charge in [-0.15, -0.1) is 0 Å². The third-order valence-corrected chi connectivity index (χ3v) is 10.9. The largest absolute Gasteiger partial charge is 0.0616 e. The Labute approximate surface area is 290 Å². The average molecular weight is 631 g/mol. The smallest absolute Gasteiger partial charge is 0.000718 e. The first-order valence-corrected chi connectivity index (χ1v) is 17.4. The molecule has 0 fully saturated rings. The standard InChI is InChI=1S/C50H30/c1-2-13-33-25-39(24-23-31(33)11-1)34-19-9-20-40(26-34)47-43-27-35-14-3-5-16-37(35)29-45(43)50-48(42-22-10-18-32-12-7-8-21-41(32)42)44-28-36-15-4-6-17-38(36)30-46(44)49(47)50/h1-30H. The summed E-state index contributed by atoms with van der Waals surface area (Å²) in [5.74, 6) is 0. The lowest BCUT2D eigenvalue weighted by Gasteiger charge is -2.15. The Hall–Kier alpha value is -6.50. The zero-order chi connectivity index (χ0) is 32.8. The van der Waals surface area contributed by atoms with E-state index in [1.165, 1.54) is 110 Å². The minimum atomic E-state index is 1.23. The summed E-state index contributed by atoms with van der Waals surface area (Å²) in [6.07, 6.45) is 0. The van der Waals surface area contributed by atoms with Crippen LogP contribution in [0.15, 0.2) is 182 Å². The van der Waals surface area contributed by atoms with Crippen molar-refractivity contribution in [2.45, 2.75) is 0 Å². The second kappa shape index (κ2) is 10.5. The number of rotatable bonds is 3. The van der Waals surface area contributed by atoms with Gasteiger partial charge in [0.1, 0.15) is 0 Å². The zero-order valence-electron chi connectivity index (χ0n) is 27.3. The van der Waals surface area contributed by atoms with Crippen LogP contribution in [-0.2, 0) is 0 Å². The predicted octanol–water partition coefficient (Wildman–Crippen LogP) is 13.2. The fraction of sp³-hybridized carbons (Fsp3) is 0. The number of hydrogen-bond donors (Lipinski definition) is 0. The molecule has 230 valence electrons. The highest BCUT2D eigenvalue weighted by molar-refractivity contribution is 6.37. The number of fused-ring (bicyclic) bond motifs is 9. The molecule has 9 aromatic rings. The highest BCUT2D eigenvalue weighted by Gasteiger charge is 2.38. The Balaban J connectivity index is 1.26. The summed E-state index contributed by atoms with van der Waals surface area (Å²) >= 11 is 0. The molecule has 0 saturated carbocycles. The van der Waals surface area contributed by atoms with Crippen LogP contribution in [-0.4, -0.2) is 0 Å².